The maximum Gasteiger partial charge on any atom is 0.328 e. The zero-order valence-corrected chi connectivity index (χ0v) is 15.0. The van der Waals surface area contributed by atoms with E-state index in [1.54, 1.807) is 13.2 Å². The molecule has 0 bridgehead atoms. The lowest BCUT2D eigenvalue weighted by atomic mass is 9.98. The van der Waals surface area contributed by atoms with E-state index in [-0.39, 0.29) is 0 Å². The van der Waals surface area contributed by atoms with Gasteiger partial charge in [-0.15, -0.1) is 0 Å². The van der Waals surface area contributed by atoms with Crippen molar-refractivity contribution >= 4 is 12.0 Å². The molecule has 0 heterocycles. The summed E-state index contributed by atoms with van der Waals surface area (Å²) in [6, 6.07) is 14.1. The standard InChI is InChI=1S/C22H26O3/c1-3-4-5-6-9-20-16-19(12-13-21(20)25-2)18-10-7-8-17(15-18)11-14-22(23)24/h7-8,10-16H,3-6,9H2,1-2H3,(H,23,24). The van der Waals surface area contributed by atoms with Gasteiger partial charge < -0.3 is 9.84 Å². The van der Waals surface area contributed by atoms with Gasteiger partial charge >= 0.3 is 5.97 Å². The first-order valence-electron chi connectivity index (χ1n) is 8.82. The quantitative estimate of drug-likeness (QED) is 0.479. The van der Waals surface area contributed by atoms with Gasteiger partial charge in [-0.25, -0.2) is 4.79 Å². The van der Waals surface area contributed by atoms with Gasteiger partial charge in [0.25, 0.3) is 0 Å². The Morgan fingerprint density at radius 1 is 1.08 bits per heavy atom. The zero-order chi connectivity index (χ0) is 18.1. The molecule has 0 amide bonds. The van der Waals surface area contributed by atoms with Crippen molar-refractivity contribution in [2.24, 2.45) is 0 Å². The van der Waals surface area contributed by atoms with Gasteiger partial charge in [0.2, 0.25) is 0 Å². The van der Waals surface area contributed by atoms with Crippen LogP contribution in [0, 0.1) is 0 Å². The van der Waals surface area contributed by atoms with E-state index in [1.807, 2.05) is 36.4 Å². The van der Waals surface area contributed by atoms with E-state index in [9.17, 15) is 4.79 Å². The van der Waals surface area contributed by atoms with Gasteiger partial charge in [0.05, 0.1) is 7.11 Å². The average molecular weight is 338 g/mol. The molecule has 3 heteroatoms. The van der Waals surface area contributed by atoms with Gasteiger partial charge in [-0.1, -0.05) is 50.5 Å². The normalized spacial score (nSPS) is 11.0. The summed E-state index contributed by atoms with van der Waals surface area (Å²) in [5, 5.41) is 8.78. The maximum atomic E-state index is 10.7. The van der Waals surface area contributed by atoms with E-state index in [0.717, 1.165) is 41.4 Å². The molecule has 2 aromatic carbocycles. The number of hydrogen-bond donors (Lipinski definition) is 1. The number of aliphatic carboxylic acids is 1. The van der Waals surface area contributed by atoms with Crippen molar-refractivity contribution < 1.29 is 14.6 Å². The Hall–Kier alpha value is -2.55. The largest absolute Gasteiger partial charge is 0.496 e. The Kier molecular flexibility index (Phi) is 7.27. The van der Waals surface area contributed by atoms with Crippen LogP contribution < -0.4 is 4.74 Å². The number of rotatable bonds is 9. The lowest BCUT2D eigenvalue weighted by Crippen LogP contribution is -1.94. The summed E-state index contributed by atoms with van der Waals surface area (Å²) in [6.45, 7) is 2.22. The second kappa shape index (κ2) is 9.67. The van der Waals surface area contributed by atoms with Crippen molar-refractivity contribution in [2.75, 3.05) is 7.11 Å². The van der Waals surface area contributed by atoms with Crippen LogP contribution in [0.15, 0.2) is 48.5 Å². The van der Waals surface area contributed by atoms with Gasteiger partial charge in [-0.2, -0.15) is 0 Å². The SMILES string of the molecule is CCCCCCc1cc(-c2cccc(C=CC(=O)O)c2)ccc1OC. The van der Waals surface area contributed by atoms with Crippen molar-refractivity contribution in [1.29, 1.82) is 0 Å². The molecule has 2 aromatic rings. The number of aryl methyl sites for hydroxylation is 1. The zero-order valence-electron chi connectivity index (χ0n) is 15.0. The van der Waals surface area contributed by atoms with E-state index in [4.69, 9.17) is 9.84 Å². The first-order chi connectivity index (χ1) is 12.1. The monoisotopic (exact) mass is 338 g/mol. The molecule has 0 saturated heterocycles. The fraction of sp³-hybridized carbons (Fsp3) is 0.318. The Labute approximate surface area is 150 Å². The average Bonchev–Trinajstić information content (AvgIpc) is 2.63. The molecule has 0 aliphatic carbocycles. The van der Waals surface area contributed by atoms with Gasteiger partial charge in [0, 0.05) is 6.08 Å². The highest BCUT2D eigenvalue weighted by atomic mass is 16.5. The summed E-state index contributed by atoms with van der Waals surface area (Å²) in [7, 11) is 1.71. The van der Waals surface area contributed by atoms with Crippen LogP contribution in [0.2, 0.25) is 0 Å². The molecule has 0 saturated carbocycles. The number of unbranched alkanes of at least 4 members (excludes halogenated alkanes) is 3. The summed E-state index contributed by atoms with van der Waals surface area (Å²) in [6.07, 6.45) is 8.67. The second-order valence-corrected chi connectivity index (χ2v) is 6.13. The summed E-state index contributed by atoms with van der Waals surface area (Å²) in [5.74, 6) is -0.00797. The van der Waals surface area contributed by atoms with Crippen molar-refractivity contribution in [3.63, 3.8) is 0 Å². The molecular weight excluding hydrogens is 312 g/mol. The van der Waals surface area contributed by atoms with Gasteiger partial charge in [0.15, 0.2) is 0 Å². The van der Waals surface area contributed by atoms with E-state index in [0.29, 0.717) is 0 Å². The number of carboxylic acid groups (broad SMARTS) is 1. The second-order valence-electron chi connectivity index (χ2n) is 6.13. The highest BCUT2D eigenvalue weighted by Gasteiger charge is 2.06. The van der Waals surface area contributed by atoms with Crippen LogP contribution in [0.25, 0.3) is 17.2 Å². The topological polar surface area (TPSA) is 46.5 Å². The third-order valence-corrected chi connectivity index (χ3v) is 4.22. The lowest BCUT2D eigenvalue weighted by Gasteiger charge is -2.11. The molecule has 0 atom stereocenters. The summed E-state index contributed by atoms with van der Waals surface area (Å²) in [5.41, 5.74) is 4.30. The van der Waals surface area contributed by atoms with E-state index in [2.05, 4.69) is 13.0 Å². The number of methoxy groups -OCH3 is 1. The number of carbonyl (C=O) groups is 1. The molecule has 0 radical (unpaired) electrons. The molecule has 0 aromatic heterocycles. The first kappa shape index (κ1) is 18.8. The molecule has 0 spiro atoms. The Morgan fingerprint density at radius 2 is 1.88 bits per heavy atom. The number of carboxylic acids is 1. The molecule has 0 aliphatic heterocycles. The van der Waals surface area contributed by atoms with Crippen molar-refractivity contribution in [2.45, 2.75) is 39.0 Å². The molecule has 3 nitrogen and oxygen atoms in total. The summed E-state index contributed by atoms with van der Waals surface area (Å²) < 4.78 is 5.51. The third-order valence-electron chi connectivity index (χ3n) is 4.22. The molecule has 0 aliphatic rings. The van der Waals surface area contributed by atoms with Crippen molar-refractivity contribution in [3.05, 3.63) is 59.7 Å². The maximum absolute atomic E-state index is 10.7. The van der Waals surface area contributed by atoms with Crippen LogP contribution in [0.4, 0.5) is 0 Å². The molecular formula is C22H26O3. The molecule has 1 N–H and O–H groups in total. The fourth-order valence-electron chi connectivity index (χ4n) is 2.89. The Balaban J connectivity index is 2.23. The van der Waals surface area contributed by atoms with E-state index in [1.165, 1.54) is 24.8 Å². The van der Waals surface area contributed by atoms with E-state index < -0.39 is 5.97 Å². The van der Waals surface area contributed by atoms with Crippen molar-refractivity contribution in [1.82, 2.24) is 0 Å². The van der Waals surface area contributed by atoms with Crippen LogP contribution >= 0.6 is 0 Å². The predicted molar refractivity (Wildman–Crippen MR) is 103 cm³/mol. The number of benzene rings is 2. The molecule has 0 fully saturated rings. The molecule has 0 unspecified atom stereocenters. The van der Waals surface area contributed by atoms with Gasteiger partial charge in [-0.05, 0) is 59.4 Å². The summed E-state index contributed by atoms with van der Waals surface area (Å²) >= 11 is 0. The van der Waals surface area contributed by atoms with Gasteiger partial charge in [-0.3, -0.25) is 0 Å². The highest BCUT2D eigenvalue weighted by molar-refractivity contribution is 5.85. The minimum Gasteiger partial charge on any atom is -0.496 e. The molecule has 25 heavy (non-hydrogen) atoms. The van der Waals surface area contributed by atoms with Crippen LogP contribution in [-0.4, -0.2) is 18.2 Å². The lowest BCUT2D eigenvalue weighted by molar-refractivity contribution is -0.131. The van der Waals surface area contributed by atoms with Crippen LogP contribution in [0.3, 0.4) is 0 Å². The predicted octanol–water partition coefficient (Wildman–Crippen LogP) is 5.58. The van der Waals surface area contributed by atoms with Crippen LogP contribution in [-0.2, 0) is 11.2 Å². The minimum atomic E-state index is -0.941. The van der Waals surface area contributed by atoms with E-state index >= 15 is 0 Å². The Bertz CT molecular complexity index is 732. The number of ether oxygens (including phenoxy) is 1. The number of hydrogen-bond acceptors (Lipinski definition) is 2. The van der Waals surface area contributed by atoms with Crippen LogP contribution in [0.5, 0.6) is 5.75 Å². The van der Waals surface area contributed by atoms with Gasteiger partial charge in [0.1, 0.15) is 5.75 Å². The van der Waals surface area contributed by atoms with Crippen molar-refractivity contribution in [3.8, 4) is 16.9 Å². The molecule has 2 rings (SSSR count). The molecule has 132 valence electrons. The smallest absolute Gasteiger partial charge is 0.328 e. The minimum absolute atomic E-state index is 0.875. The highest BCUT2D eigenvalue weighted by Crippen LogP contribution is 2.28. The van der Waals surface area contributed by atoms with Crippen LogP contribution in [0.1, 0.15) is 43.7 Å². The third kappa shape index (κ3) is 5.79. The first-order valence-corrected chi connectivity index (χ1v) is 8.82. The Morgan fingerprint density at radius 3 is 2.60 bits per heavy atom. The summed E-state index contributed by atoms with van der Waals surface area (Å²) in [4.78, 5) is 10.7. The fourth-order valence-corrected chi connectivity index (χ4v) is 2.89.